The maximum atomic E-state index is 12.4. The van der Waals surface area contributed by atoms with Gasteiger partial charge in [-0.25, -0.2) is 0 Å². The monoisotopic (exact) mass is 265 g/mol. The molecule has 2 atom stereocenters. The first-order chi connectivity index (χ1) is 9.75. The fourth-order valence-electron chi connectivity index (χ4n) is 3.08. The van der Waals surface area contributed by atoms with Crippen molar-refractivity contribution in [2.75, 3.05) is 13.6 Å². The average molecular weight is 265 g/mol. The Bertz CT molecular complexity index is 579. The second kappa shape index (κ2) is 5.49. The van der Waals surface area contributed by atoms with Crippen LogP contribution < -0.4 is 0 Å². The zero-order chi connectivity index (χ0) is 13.9. The molecule has 2 unspecified atom stereocenters. The van der Waals surface area contributed by atoms with Gasteiger partial charge in [0.2, 0.25) is 5.91 Å². The number of likely N-dealkylation sites (tertiary alicyclic amines) is 1. The highest BCUT2D eigenvalue weighted by atomic mass is 16.2. The molecular weight excluding hydrogens is 246 g/mol. The molecule has 2 heteroatoms. The van der Waals surface area contributed by atoms with Crippen molar-refractivity contribution >= 4 is 5.91 Å². The van der Waals surface area contributed by atoms with Crippen LogP contribution in [0, 0.1) is 0 Å². The Morgan fingerprint density at radius 2 is 1.45 bits per heavy atom. The molecule has 3 rings (SSSR count). The van der Waals surface area contributed by atoms with Gasteiger partial charge < -0.3 is 4.90 Å². The van der Waals surface area contributed by atoms with Crippen molar-refractivity contribution in [3.8, 4) is 0 Å². The number of carbonyl (C=O) groups is 1. The van der Waals surface area contributed by atoms with Crippen LogP contribution in [0.1, 0.15) is 29.4 Å². The second-order valence-corrected chi connectivity index (χ2v) is 5.53. The molecule has 0 bridgehead atoms. The van der Waals surface area contributed by atoms with Crippen LogP contribution in [0.4, 0.5) is 0 Å². The van der Waals surface area contributed by atoms with Crippen LogP contribution in [0.3, 0.4) is 0 Å². The minimum atomic E-state index is -0.0137. The fourth-order valence-corrected chi connectivity index (χ4v) is 3.08. The van der Waals surface area contributed by atoms with Gasteiger partial charge in [0.1, 0.15) is 0 Å². The summed E-state index contributed by atoms with van der Waals surface area (Å²) < 4.78 is 0. The number of piperidine rings is 1. The summed E-state index contributed by atoms with van der Waals surface area (Å²) >= 11 is 0. The third kappa shape index (κ3) is 2.46. The summed E-state index contributed by atoms with van der Waals surface area (Å²) in [5.74, 6) is 0.646. The lowest BCUT2D eigenvalue weighted by atomic mass is 9.81. The van der Waals surface area contributed by atoms with Gasteiger partial charge in [-0.2, -0.15) is 0 Å². The van der Waals surface area contributed by atoms with E-state index in [4.69, 9.17) is 0 Å². The minimum absolute atomic E-state index is 0.0137. The van der Waals surface area contributed by atoms with Crippen LogP contribution in [0.2, 0.25) is 0 Å². The molecule has 0 aliphatic carbocycles. The number of amides is 1. The molecule has 0 N–H and O–H groups in total. The molecule has 20 heavy (non-hydrogen) atoms. The van der Waals surface area contributed by atoms with Crippen molar-refractivity contribution in [2.45, 2.75) is 18.3 Å². The molecule has 1 saturated heterocycles. The lowest BCUT2D eigenvalue weighted by Crippen LogP contribution is -2.40. The highest BCUT2D eigenvalue weighted by molar-refractivity contribution is 5.84. The van der Waals surface area contributed by atoms with E-state index >= 15 is 0 Å². The van der Waals surface area contributed by atoms with Gasteiger partial charge in [-0.3, -0.25) is 4.79 Å². The molecule has 2 aromatic carbocycles. The van der Waals surface area contributed by atoms with E-state index in [0.717, 1.165) is 18.5 Å². The largest absolute Gasteiger partial charge is 0.345 e. The van der Waals surface area contributed by atoms with Crippen molar-refractivity contribution in [3.63, 3.8) is 0 Å². The first-order valence-electron chi connectivity index (χ1n) is 7.10. The Kier molecular flexibility index (Phi) is 3.55. The number of rotatable bonds is 2. The Balaban J connectivity index is 1.89. The van der Waals surface area contributed by atoms with E-state index in [1.165, 1.54) is 5.56 Å². The molecule has 0 spiro atoms. The maximum absolute atomic E-state index is 12.4. The second-order valence-electron chi connectivity index (χ2n) is 5.53. The number of carbonyl (C=O) groups excluding carboxylic acids is 1. The number of likely N-dealkylation sites (N-methyl/N-ethyl adjacent to an activating group) is 1. The number of nitrogens with zero attached hydrogens (tertiary/aromatic N) is 1. The Morgan fingerprint density at radius 3 is 2.05 bits per heavy atom. The Morgan fingerprint density at radius 1 is 0.900 bits per heavy atom. The quantitative estimate of drug-likeness (QED) is 0.814. The van der Waals surface area contributed by atoms with Gasteiger partial charge in [-0.05, 0) is 17.5 Å². The SMILES string of the molecule is CN1CC(c2ccccc2)CC(c2ccccc2)C1=O. The van der Waals surface area contributed by atoms with E-state index in [0.29, 0.717) is 5.92 Å². The molecule has 0 saturated carbocycles. The van der Waals surface area contributed by atoms with Crippen molar-refractivity contribution in [1.82, 2.24) is 4.90 Å². The predicted molar refractivity (Wildman–Crippen MR) is 80.6 cm³/mol. The van der Waals surface area contributed by atoms with E-state index in [2.05, 4.69) is 36.4 Å². The van der Waals surface area contributed by atoms with E-state index in [-0.39, 0.29) is 11.8 Å². The molecule has 0 aromatic heterocycles. The predicted octanol–water partition coefficient (Wildman–Crippen LogP) is 3.42. The molecule has 1 heterocycles. The third-order valence-corrected chi connectivity index (χ3v) is 4.16. The summed E-state index contributed by atoms with van der Waals surface area (Å²) in [6.07, 6.45) is 0.900. The van der Waals surface area contributed by atoms with Gasteiger partial charge >= 0.3 is 0 Å². The van der Waals surface area contributed by atoms with Crippen molar-refractivity contribution in [3.05, 3.63) is 71.8 Å². The van der Waals surface area contributed by atoms with Crippen LogP contribution in [0.25, 0.3) is 0 Å². The zero-order valence-electron chi connectivity index (χ0n) is 11.7. The smallest absolute Gasteiger partial charge is 0.229 e. The van der Waals surface area contributed by atoms with Gasteiger partial charge in [0, 0.05) is 19.5 Å². The maximum Gasteiger partial charge on any atom is 0.229 e. The van der Waals surface area contributed by atoms with Crippen molar-refractivity contribution in [2.24, 2.45) is 0 Å². The molecule has 102 valence electrons. The Hall–Kier alpha value is -2.09. The van der Waals surface area contributed by atoms with Crippen molar-refractivity contribution in [1.29, 1.82) is 0 Å². The van der Waals surface area contributed by atoms with Gasteiger partial charge in [-0.1, -0.05) is 60.7 Å². The fraction of sp³-hybridized carbons (Fsp3) is 0.278. The molecule has 1 aliphatic rings. The summed E-state index contributed by atoms with van der Waals surface area (Å²) in [5.41, 5.74) is 2.46. The van der Waals surface area contributed by atoms with Crippen LogP contribution in [-0.4, -0.2) is 24.4 Å². The summed E-state index contributed by atoms with van der Waals surface area (Å²) in [4.78, 5) is 14.3. The molecule has 1 aliphatic heterocycles. The van der Waals surface area contributed by atoms with Crippen LogP contribution in [0.15, 0.2) is 60.7 Å². The number of benzene rings is 2. The lowest BCUT2D eigenvalue weighted by Gasteiger charge is -2.35. The minimum Gasteiger partial charge on any atom is -0.345 e. The molecule has 2 nitrogen and oxygen atoms in total. The van der Waals surface area contributed by atoms with Crippen LogP contribution in [0.5, 0.6) is 0 Å². The number of hydrogen-bond acceptors (Lipinski definition) is 1. The molecule has 0 radical (unpaired) electrons. The average Bonchev–Trinajstić information content (AvgIpc) is 2.51. The zero-order valence-corrected chi connectivity index (χ0v) is 11.7. The first-order valence-corrected chi connectivity index (χ1v) is 7.10. The highest BCUT2D eigenvalue weighted by Crippen LogP contribution is 2.35. The summed E-state index contributed by atoms with van der Waals surface area (Å²) in [6, 6.07) is 20.6. The molecular formula is C18H19NO. The first kappa shape index (κ1) is 12.9. The van der Waals surface area contributed by atoms with Gasteiger partial charge in [0.25, 0.3) is 0 Å². The van der Waals surface area contributed by atoms with Crippen LogP contribution >= 0.6 is 0 Å². The number of hydrogen-bond donors (Lipinski definition) is 0. The van der Waals surface area contributed by atoms with E-state index in [9.17, 15) is 4.79 Å². The van der Waals surface area contributed by atoms with E-state index in [1.54, 1.807) is 0 Å². The molecule has 2 aromatic rings. The highest BCUT2D eigenvalue weighted by Gasteiger charge is 2.33. The molecule has 1 fully saturated rings. The summed E-state index contributed by atoms with van der Waals surface area (Å²) in [7, 11) is 1.91. The van der Waals surface area contributed by atoms with E-state index in [1.807, 2.05) is 36.2 Å². The van der Waals surface area contributed by atoms with Crippen LogP contribution in [-0.2, 0) is 4.79 Å². The molecule has 1 amide bonds. The summed E-state index contributed by atoms with van der Waals surface area (Å²) in [5, 5.41) is 0. The Labute approximate surface area is 120 Å². The van der Waals surface area contributed by atoms with Gasteiger partial charge in [0.05, 0.1) is 5.92 Å². The third-order valence-electron chi connectivity index (χ3n) is 4.16. The standard InChI is InChI=1S/C18H19NO/c1-19-13-16(14-8-4-2-5-9-14)12-17(18(19)20)15-10-6-3-7-11-15/h2-11,16-17H,12-13H2,1H3. The van der Waals surface area contributed by atoms with E-state index < -0.39 is 0 Å². The van der Waals surface area contributed by atoms with Crippen molar-refractivity contribution < 1.29 is 4.79 Å². The van der Waals surface area contributed by atoms with Gasteiger partial charge in [-0.15, -0.1) is 0 Å². The topological polar surface area (TPSA) is 20.3 Å². The summed E-state index contributed by atoms with van der Waals surface area (Å²) in [6.45, 7) is 0.812. The van der Waals surface area contributed by atoms with Gasteiger partial charge in [0.15, 0.2) is 0 Å². The normalized spacial score (nSPS) is 22.9. The lowest BCUT2D eigenvalue weighted by molar-refractivity contribution is -0.134.